The van der Waals surface area contributed by atoms with Gasteiger partial charge in [0, 0.05) is 5.41 Å². The quantitative estimate of drug-likeness (QED) is 0.551. The molecular formula is C18H32NO6P. The molecule has 0 radical (unpaired) electrons. The SMILES string of the molecule is CC(C)OP(=O)(O)OCC(CO)NC(=O)[C@@]1(C)CC2CC3C[C@@H](CC32)C1. The summed E-state index contributed by atoms with van der Waals surface area (Å²) in [6, 6.07) is -0.731. The van der Waals surface area contributed by atoms with E-state index >= 15 is 0 Å². The minimum Gasteiger partial charge on any atom is -0.394 e. The summed E-state index contributed by atoms with van der Waals surface area (Å²) in [6.45, 7) is 4.65. The molecule has 0 aromatic heterocycles. The molecule has 3 aliphatic carbocycles. The Bertz CT molecular complexity index is 578. The van der Waals surface area contributed by atoms with Crippen molar-refractivity contribution in [2.24, 2.45) is 29.1 Å². The third-order valence-corrected chi connectivity index (χ3v) is 7.56. The normalized spacial score (nSPS) is 39.0. The first-order valence-electron chi connectivity index (χ1n) is 9.69. The summed E-state index contributed by atoms with van der Waals surface area (Å²) in [6.07, 6.45) is 5.07. The van der Waals surface area contributed by atoms with Gasteiger partial charge in [0.1, 0.15) is 0 Å². The van der Waals surface area contributed by atoms with Gasteiger partial charge in [-0.3, -0.25) is 13.8 Å². The van der Waals surface area contributed by atoms with Gasteiger partial charge in [0.2, 0.25) is 5.91 Å². The van der Waals surface area contributed by atoms with Gasteiger partial charge in [-0.05, 0) is 69.6 Å². The second kappa shape index (κ2) is 7.51. The fourth-order valence-corrected chi connectivity index (χ4v) is 6.32. The van der Waals surface area contributed by atoms with Crippen molar-refractivity contribution in [2.45, 2.75) is 65.0 Å². The number of amides is 1. The Hall–Kier alpha value is -0.460. The van der Waals surface area contributed by atoms with E-state index in [0.717, 1.165) is 24.7 Å². The van der Waals surface area contributed by atoms with Crippen LogP contribution in [0.5, 0.6) is 0 Å². The maximum Gasteiger partial charge on any atom is 0.472 e. The summed E-state index contributed by atoms with van der Waals surface area (Å²) in [5.41, 5.74) is -0.444. The zero-order valence-electron chi connectivity index (χ0n) is 15.9. The molecule has 0 aromatic rings. The van der Waals surface area contributed by atoms with Gasteiger partial charge in [-0.25, -0.2) is 4.57 Å². The molecule has 0 saturated heterocycles. The number of rotatable bonds is 8. The summed E-state index contributed by atoms with van der Waals surface area (Å²) >= 11 is 0. The van der Waals surface area contributed by atoms with Crippen molar-refractivity contribution in [1.82, 2.24) is 5.32 Å². The highest BCUT2D eigenvalue weighted by atomic mass is 31.2. The van der Waals surface area contributed by atoms with Crippen molar-refractivity contribution < 1.29 is 28.4 Å². The van der Waals surface area contributed by atoms with E-state index in [2.05, 4.69) is 5.32 Å². The lowest BCUT2D eigenvalue weighted by Gasteiger charge is -2.45. The van der Waals surface area contributed by atoms with E-state index in [1.165, 1.54) is 19.3 Å². The predicted molar refractivity (Wildman–Crippen MR) is 96.2 cm³/mol. The lowest BCUT2D eigenvalue weighted by Crippen LogP contribution is -2.50. The number of aliphatic hydroxyl groups excluding tert-OH is 1. The minimum atomic E-state index is -4.19. The first-order chi connectivity index (χ1) is 12.1. The number of phosphoric acid groups is 1. The van der Waals surface area contributed by atoms with Gasteiger partial charge >= 0.3 is 7.82 Å². The van der Waals surface area contributed by atoms with Gasteiger partial charge in [-0.1, -0.05) is 6.92 Å². The largest absolute Gasteiger partial charge is 0.472 e. The molecule has 150 valence electrons. The van der Waals surface area contributed by atoms with Crippen LogP contribution < -0.4 is 5.32 Å². The first kappa shape index (κ1) is 20.3. The van der Waals surface area contributed by atoms with Crippen LogP contribution in [-0.2, 0) is 18.4 Å². The van der Waals surface area contributed by atoms with Gasteiger partial charge in [-0.2, -0.15) is 0 Å². The molecule has 8 heteroatoms. The van der Waals surface area contributed by atoms with E-state index in [9.17, 15) is 19.4 Å². The van der Waals surface area contributed by atoms with Crippen LogP contribution in [0.4, 0.5) is 0 Å². The molecule has 0 spiro atoms. The first-order valence-corrected chi connectivity index (χ1v) is 11.2. The second-order valence-electron chi connectivity index (χ2n) is 9.00. The average molecular weight is 389 g/mol. The number of aliphatic hydroxyl groups is 1. The van der Waals surface area contributed by atoms with E-state index in [1.54, 1.807) is 13.8 Å². The zero-order valence-corrected chi connectivity index (χ0v) is 16.8. The summed E-state index contributed by atoms with van der Waals surface area (Å²) in [4.78, 5) is 22.6. The second-order valence-corrected chi connectivity index (χ2v) is 10.4. The molecule has 5 unspecified atom stereocenters. The fraction of sp³-hybridized carbons (Fsp3) is 0.944. The maximum atomic E-state index is 12.9. The van der Waals surface area contributed by atoms with Crippen molar-refractivity contribution in [3.05, 3.63) is 0 Å². The number of hydrogen-bond acceptors (Lipinski definition) is 5. The van der Waals surface area contributed by atoms with E-state index in [4.69, 9.17) is 9.05 Å². The van der Waals surface area contributed by atoms with E-state index in [1.807, 2.05) is 6.92 Å². The number of carbonyl (C=O) groups is 1. The maximum absolute atomic E-state index is 12.9. The van der Waals surface area contributed by atoms with E-state index < -0.39 is 25.4 Å². The number of fused-ring (bicyclic) bond motifs is 1. The third-order valence-electron chi connectivity index (χ3n) is 6.40. The number of hydrogen-bond donors (Lipinski definition) is 3. The number of phosphoric ester groups is 1. The Morgan fingerprint density at radius 1 is 1.27 bits per heavy atom. The van der Waals surface area contributed by atoms with Gasteiger partial charge < -0.3 is 15.3 Å². The topological polar surface area (TPSA) is 105 Å². The standard InChI is InChI=1S/C18H32NO6P/c1-11(2)25-26(22,23)24-10-15(9-20)19-17(21)18(3)7-12-4-13-6-14(8-18)16(13)5-12/h11-16,20H,4-10H2,1-3H3,(H,19,21)(H,22,23)/t12-,13?,14?,15?,16?,18+/m0/s1. The van der Waals surface area contributed by atoms with Crippen molar-refractivity contribution in [1.29, 1.82) is 0 Å². The summed E-state index contributed by atoms with van der Waals surface area (Å²) in [5, 5.41) is 12.4. The molecule has 3 fully saturated rings. The van der Waals surface area contributed by atoms with Crippen LogP contribution in [-0.4, -0.2) is 41.3 Å². The highest BCUT2D eigenvalue weighted by Crippen LogP contribution is 2.62. The Morgan fingerprint density at radius 2 is 2.00 bits per heavy atom. The van der Waals surface area contributed by atoms with Gasteiger partial charge in [0.25, 0.3) is 0 Å². The molecule has 0 aromatic carbocycles. The van der Waals surface area contributed by atoms with Crippen LogP contribution in [0, 0.1) is 29.1 Å². The van der Waals surface area contributed by atoms with Crippen LogP contribution >= 0.6 is 7.82 Å². The highest BCUT2D eigenvalue weighted by Gasteiger charge is 2.55. The molecule has 0 aliphatic heterocycles. The number of nitrogens with one attached hydrogen (secondary N) is 1. The summed E-state index contributed by atoms with van der Waals surface area (Å²) in [7, 11) is -4.19. The summed E-state index contributed by atoms with van der Waals surface area (Å²) < 4.78 is 21.6. The molecule has 0 heterocycles. The average Bonchev–Trinajstić information content (AvgIpc) is 2.76. The Kier molecular flexibility index (Phi) is 5.86. The predicted octanol–water partition coefficient (Wildman–Crippen LogP) is 2.47. The molecule has 3 N–H and O–H groups in total. The molecule has 2 bridgehead atoms. The van der Waals surface area contributed by atoms with Crippen molar-refractivity contribution >= 4 is 13.7 Å². The molecular weight excluding hydrogens is 357 g/mol. The van der Waals surface area contributed by atoms with Crippen molar-refractivity contribution in [2.75, 3.05) is 13.2 Å². The Labute approximate surface area is 155 Å². The fourth-order valence-electron chi connectivity index (χ4n) is 5.36. The molecule has 26 heavy (non-hydrogen) atoms. The lowest BCUT2D eigenvalue weighted by atomic mass is 9.60. The lowest BCUT2D eigenvalue weighted by molar-refractivity contribution is -0.135. The van der Waals surface area contributed by atoms with Gasteiger partial charge in [0.15, 0.2) is 0 Å². The molecule has 1 amide bonds. The Balaban J connectivity index is 1.56. The van der Waals surface area contributed by atoms with Crippen LogP contribution in [0.25, 0.3) is 0 Å². The Morgan fingerprint density at radius 3 is 2.65 bits per heavy atom. The monoisotopic (exact) mass is 389 g/mol. The van der Waals surface area contributed by atoms with E-state index in [-0.39, 0.29) is 19.1 Å². The zero-order chi connectivity index (χ0) is 19.1. The molecule has 7 atom stereocenters. The molecule has 3 saturated carbocycles. The van der Waals surface area contributed by atoms with E-state index in [0.29, 0.717) is 11.8 Å². The molecule has 7 nitrogen and oxygen atoms in total. The van der Waals surface area contributed by atoms with Crippen molar-refractivity contribution in [3.8, 4) is 0 Å². The van der Waals surface area contributed by atoms with Crippen LogP contribution in [0.2, 0.25) is 0 Å². The molecule has 3 rings (SSSR count). The minimum absolute atomic E-state index is 0.0892. The van der Waals surface area contributed by atoms with Crippen LogP contribution in [0.1, 0.15) is 52.9 Å². The highest BCUT2D eigenvalue weighted by molar-refractivity contribution is 7.47. The summed E-state index contributed by atoms with van der Waals surface area (Å²) in [5.74, 6) is 2.86. The van der Waals surface area contributed by atoms with Gasteiger partial charge in [-0.15, -0.1) is 0 Å². The van der Waals surface area contributed by atoms with Crippen molar-refractivity contribution in [3.63, 3.8) is 0 Å². The van der Waals surface area contributed by atoms with Crippen LogP contribution in [0.15, 0.2) is 0 Å². The number of carbonyl (C=O) groups excluding carboxylic acids is 1. The smallest absolute Gasteiger partial charge is 0.394 e. The molecule has 3 aliphatic rings. The van der Waals surface area contributed by atoms with Gasteiger partial charge in [0.05, 0.1) is 25.4 Å². The van der Waals surface area contributed by atoms with Crippen LogP contribution in [0.3, 0.4) is 0 Å². The third kappa shape index (κ3) is 4.33.